The molecule has 0 aliphatic rings. The zero-order valence-electron chi connectivity index (χ0n) is 9.69. The monoisotopic (exact) mass is 259 g/mol. The first-order chi connectivity index (χ1) is 6.93. The van der Waals surface area contributed by atoms with E-state index >= 15 is 0 Å². The summed E-state index contributed by atoms with van der Waals surface area (Å²) in [6.45, 7) is 3.25. The van der Waals surface area contributed by atoms with Gasteiger partial charge in [0.15, 0.2) is 0 Å². The van der Waals surface area contributed by atoms with E-state index in [1.165, 1.54) is 0 Å². The van der Waals surface area contributed by atoms with Gasteiger partial charge in [0, 0.05) is 20.8 Å². The zero-order chi connectivity index (χ0) is 14.3. The average molecular weight is 259 g/mol. The first-order valence-electron chi connectivity index (χ1n) is 3.56. The Morgan fingerprint density at radius 2 is 0.706 bits per heavy atom. The molecular formula is C6H18BNO9. The molecule has 0 spiro atoms. The molecule has 104 valence electrons. The lowest BCUT2D eigenvalue weighted by molar-refractivity contribution is -0.135. The predicted molar refractivity (Wildman–Crippen MR) is 57.4 cm³/mol. The van der Waals surface area contributed by atoms with Crippen LogP contribution in [0.2, 0.25) is 0 Å². The van der Waals surface area contributed by atoms with Crippen LogP contribution in [-0.4, -0.2) is 55.6 Å². The third-order valence-electron chi connectivity index (χ3n) is 0. The molecule has 10 nitrogen and oxygen atoms in total. The lowest BCUT2D eigenvalue weighted by Crippen LogP contribution is -2.07. The van der Waals surface area contributed by atoms with E-state index in [-0.39, 0.29) is 6.15 Å². The minimum absolute atomic E-state index is 0. The van der Waals surface area contributed by atoms with Crippen molar-refractivity contribution in [3.05, 3.63) is 0 Å². The van der Waals surface area contributed by atoms with Crippen molar-refractivity contribution in [2.75, 3.05) is 0 Å². The quantitative estimate of drug-likeness (QED) is 0.247. The van der Waals surface area contributed by atoms with Gasteiger partial charge in [0.1, 0.15) is 0 Å². The number of carbonyl (C=O) groups is 3. The molecular weight excluding hydrogens is 241 g/mol. The van der Waals surface area contributed by atoms with Crippen LogP contribution in [-0.2, 0) is 14.4 Å². The van der Waals surface area contributed by atoms with Crippen molar-refractivity contribution in [3.8, 4) is 0 Å². The number of hydrogen-bond acceptors (Lipinski definition) is 7. The van der Waals surface area contributed by atoms with Crippen molar-refractivity contribution >= 4 is 25.2 Å². The van der Waals surface area contributed by atoms with E-state index in [1.54, 1.807) is 0 Å². The highest BCUT2D eigenvalue weighted by Gasteiger charge is 1.92. The number of rotatable bonds is 0. The Bertz CT molecular complexity index is 153. The van der Waals surface area contributed by atoms with Crippen molar-refractivity contribution in [1.82, 2.24) is 6.15 Å². The molecule has 0 fully saturated rings. The molecule has 0 heterocycles. The molecule has 0 rings (SSSR count). The average Bonchev–Trinajstić information content (AvgIpc) is 1.76. The Morgan fingerprint density at radius 1 is 0.706 bits per heavy atom. The van der Waals surface area contributed by atoms with Crippen molar-refractivity contribution in [2.45, 2.75) is 20.8 Å². The van der Waals surface area contributed by atoms with Crippen LogP contribution in [0.5, 0.6) is 0 Å². The van der Waals surface area contributed by atoms with Crippen LogP contribution in [0.25, 0.3) is 0 Å². The summed E-state index contributed by atoms with van der Waals surface area (Å²) in [6.07, 6.45) is 0. The SMILES string of the molecule is CC(=O)O.CC(=O)O.CC(=O)O.N.OB(O)O. The summed E-state index contributed by atoms with van der Waals surface area (Å²) in [5.74, 6) is -2.50. The lowest BCUT2D eigenvalue weighted by atomic mass is 10.3. The molecule has 0 aliphatic carbocycles. The molecule has 17 heavy (non-hydrogen) atoms. The molecule has 0 amide bonds. The summed E-state index contributed by atoms with van der Waals surface area (Å²) in [5, 5.41) is 43.8. The summed E-state index contributed by atoms with van der Waals surface area (Å²) in [7, 11) is -2.17. The number of hydrogen-bond donors (Lipinski definition) is 7. The minimum atomic E-state index is -2.17. The van der Waals surface area contributed by atoms with Crippen molar-refractivity contribution in [3.63, 3.8) is 0 Å². The fourth-order valence-corrected chi connectivity index (χ4v) is 0. The molecule has 9 N–H and O–H groups in total. The molecule has 0 radical (unpaired) electrons. The van der Waals surface area contributed by atoms with Gasteiger partial charge in [-0.15, -0.1) is 0 Å². The number of carboxylic acids is 3. The Kier molecular flexibility index (Phi) is 41.4. The molecule has 0 saturated heterocycles. The van der Waals surface area contributed by atoms with E-state index < -0.39 is 25.2 Å². The van der Waals surface area contributed by atoms with Gasteiger partial charge in [-0.1, -0.05) is 0 Å². The van der Waals surface area contributed by atoms with Gasteiger partial charge >= 0.3 is 7.32 Å². The van der Waals surface area contributed by atoms with E-state index in [1.807, 2.05) is 0 Å². The summed E-state index contributed by atoms with van der Waals surface area (Å²) in [4.78, 5) is 27.0. The van der Waals surface area contributed by atoms with Gasteiger partial charge < -0.3 is 36.5 Å². The van der Waals surface area contributed by atoms with Crippen LogP contribution in [0.15, 0.2) is 0 Å². The first kappa shape index (κ1) is 29.5. The van der Waals surface area contributed by atoms with Gasteiger partial charge in [-0.3, -0.25) is 14.4 Å². The van der Waals surface area contributed by atoms with Crippen molar-refractivity contribution < 1.29 is 44.8 Å². The molecule has 0 aromatic rings. The second kappa shape index (κ2) is 23.9. The lowest BCUT2D eigenvalue weighted by Gasteiger charge is -1.69. The molecule has 11 heteroatoms. The molecule has 0 unspecified atom stereocenters. The number of carboxylic acid groups (broad SMARTS) is 3. The highest BCUT2D eigenvalue weighted by Crippen LogP contribution is 1.42. The van der Waals surface area contributed by atoms with Crippen LogP contribution in [0, 0.1) is 0 Å². The molecule has 0 aromatic carbocycles. The second-order valence-electron chi connectivity index (χ2n) is 1.90. The van der Waals surface area contributed by atoms with Gasteiger partial charge in [-0.2, -0.15) is 0 Å². The fraction of sp³-hybridized carbons (Fsp3) is 0.500. The van der Waals surface area contributed by atoms with E-state index in [2.05, 4.69) is 0 Å². The van der Waals surface area contributed by atoms with Crippen LogP contribution in [0.3, 0.4) is 0 Å². The zero-order valence-corrected chi connectivity index (χ0v) is 9.69. The van der Waals surface area contributed by atoms with E-state index in [9.17, 15) is 0 Å². The third-order valence-corrected chi connectivity index (χ3v) is 0. The normalized spacial score (nSPS) is 6.00. The summed E-state index contributed by atoms with van der Waals surface area (Å²) < 4.78 is 0. The first-order valence-corrected chi connectivity index (χ1v) is 3.56. The van der Waals surface area contributed by atoms with Crippen LogP contribution in [0.1, 0.15) is 20.8 Å². The van der Waals surface area contributed by atoms with E-state index in [0.29, 0.717) is 0 Å². The maximum Gasteiger partial charge on any atom is 0.631 e. The van der Waals surface area contributed by atoms with Gasteiger partial charge in [0.05, 0.1) is 0 Å². The fourth-order valence-electron chi connectivity index (χ4n) is 0. The van der Waals surface area contributed by atoms with E-state index in [4.69, 9.17) is 44.8 Å². The highest BCUT2D eigenvalue weighted by molar-refractivity contribution is 6.30. The van der Waals surface area contributed by atoms with Crippen LogP contribution >= 0.6 is 0 Å². The summed E-state index contributed by atoms with van der Waals surface area (Å²) >= 11 is 0. The standard InChI is InChI=1S/3C2H4O2.BH3O3.H3N/c3*1-2(3)4;2-1(3)4;/h3*1H3,(H,3,4);2-4H;1H3. The Morgan fingerprint density at radius 3 is 0.706 bits per heavy atom. The maximum absolute atomic E-state index is 9.00. The minimum Gasteiger partial charge on any atom is -0.481 e. The number of aliphatic carboxylic acids is 3. The molecule has 0 saturated carbocycles. The Labute approximate surface area is 97.9 Å². The third kappa shape index (κ3) is 765. The highest BCUT2D eigenvalue weighted by atomic mass is 16.5. The molecule has 0 aliphatic heterocycles. The predicted octanol–water partition coefficient (Wildman–Crippen LogP) is -1.62. The second-order valence-corrected chi connectivity index (χ2v) is 1.90. The van der Waals surface area contributed by atoms with Crippen molar-refractivity contribution in [2.24, 2.45) is 0 Å². The summed E-state index contributed by atoms with van der Waals surface area (Å²) in [6, 6.07) is 0. The largest absolute Gasteiger partial charge is 0.631 e. The smallest absolute Gasteiger partial charge is 0.481 e. The van der Waals surface area contributed by atoms with Crippen LogP contribution in [0.4, 0.5) is 0 Å². The molecule has 0 bridgehead atoms. The molecule has 0 atom stereocenters. The van der Waals surface area contributed by atoms with Crippen molar-refractivity contribution in [1.29, 1.82) is 0 Å². The van der Waals surface area contributed by atoms with Gasteiger partial charge in [0.2, 0.25) is 0 Å². The van der Waals surface area contributed by atoms with Gasteiger partial charge in [-0.05, 0) is 0 Å². The topological polar surface area (TPSA) is 208 Å². The maximum atomic E-state index is 9.00. The van der Waals surface area contributed by atoms with Crippen LogP contribution < -0.4 is 6.15 Å². The van der Waals surface area contributed by atoms with Gasteiger partial charge in [-0.25, -0.2) is 0 Å². The Hall–Kier alpha value is -1.69. The van der Waals surface area contributed by atoms with Gasteiger partial charge in [0.25, 0.3) is 17.9 Å². The Balaban J connectivity index is -0.0000000369. The summed E-state index contributed by atoms with van der Waals surface area (Å²) in [5.41, 5.74) is 0. The van der Waals surface area contributed by atoms with E-state index in [0.717, 1.165) is 20.8 Å². The molecule has 0 aromatic heterocycles.